The number of hydrogen-bond acceptors (Lipinski definition) is 3. The van der Waals surface area contributed by atoms with E-state index < -0.39 is 10.0 Å². The molecule has 1 amide bonds. The van der Waals surface area contributed by atoms with E-state index in [-0.39, 0.29) is 12.5 Å². The summed E-state index contributed by atoms with van der Waals surface area (Å²) in [6.45, 7) is 4.33. The van der Waals surface area contributed by atoms with Gasteiger partial charge in [-0.3, -0.25) is 9.10 Å². The highest BCUT2D eigenvalue weighted by Gasteiger charge is 2.19. The van der Waals surface area contributed by atoms with Crippen molar-refractivity contribution in [2.45, 2.75) is 26.3 Å². The number of carbonyl (C=O) groups excluding carboxylic acids is 1. The summed E-state index contributed by atoms with van der Waals surface area (Å²) in [4.78, 5) is 12.6. The van der Waals surface area contributed by atoms with E-state index in [4.69, 9.17) is 11.6 Å². The Morgan fingerprint density at radius 3 is 2.13 bits per heavy atom. The number of benzene rings is 3. The fourth-order valence-electron chi connectivity index (χ4n) is 3.12. The fourth-order valence-corrected chi connectivity index (χ4v) is 4.19. The molecule has 0 aliphatic carbocycles. The zero-order chi connectivity index (χ0) is 22.6. The summed E-state index contributed by atoms with van der Waals surface area (Å²) in [6.07, 6.45) is 1.14. The number of rotatable bonds is 7. The molecule has 31 heavy (non-hydrogen) atoms. The maximum Gasteiger partial charge on any atom is 0.255 e. The summed E-state index contributed by atoms with van der Waals surface area (Å²) >= 11 is 6.20. The van der Waals surface area contributed by atoms with Gasteiger partial charge in [0.15, 0.2) is 0 Å². The van der Waals surface area contributed by atoms with Crippen LogP contribution in [0.4, 0.5) is 11.4 Å². The second-order valence-electron chi connectivity index (χ2n) is 7.64. The number of hydrogen-bond donors (Lipinski definition) is 1. The summed E-state index contributed by atoms with van der Waals surface area (Å²) in [5.41, 5.74) is 3.49. The van der Waals surface area contributed by atoms with Crippen LogP contribution in [0.2, 0.25) is 5.02 Å². The molecule has 0 atom stereocenters. The highest BCUT2D eigenvalue weighted by Crippen LogP contribution is 2.25. The first-order chi connectivity index (χ1) is 14.6. The minimum Gasteiger partial charge on any atom is -0.322 e. The molecule has 3 aromatic rings. The van der Waals surface area contributed by atoms with Crippen molar-refractivity contribution in [3.63, 3.8) is 0 Å². The van der Waals surface area contributed by atoms with Gasteiger partial charge < -0.3 is 5.32 Å². The van der Waals surface area contributed by atoms with Gasteiger partial charge in [-0.25, -0.2) is 8.42 Å². The topological polar surface area (TPSA) is 66.5 Å². The smallest absolute Gasteiger partial charge is 0.255 e. The van der Waals surface area contributed by atoms with Gasteiger partial charge in [0.2, 0.25) is 10.0 Å². The number of nitrogens with one attached hydrogen (secondary N) is 1. The van der Waals surface area contributed by atoms with E-state index in [9.17, 15) is 13.2 Å². The van der Waals surface area contributed by atoms with Gasteiger partial charge in [-0.05, 0) is 59.5 Å². The van der Waals surface area contributed by atoms with E-state index in [1.165, 1.54) is 9.87 Å². The molecule has 0 saturated carbocycles. The van der Waals surface area contributed by atoms with Crippen LogP contribution in [-0.4, -0.2) is 20.6 Å². The SMILES string of the molecule is CC(C)c1ccc(NC(=O)c2ccc(N(Cc3ccccc3Cl)S(C)(=O)=O)cc2)cc1. The van der Waals surface area contributed by atoms with Gasteiger partial charge in [0, 0.05) is 16.3 Å². The molecule has 0 aliphatic rings. The summed E-state index contributed by atoms with van der Waals surface area (Å²) in [7, 11) is -3.55. The predicted octanol–water partition coefficient (Wildman–Crippen LogP) is 5.68. The van der Waals surface area contributed by atoms with Crippen molar-refractivity contribution in [2.24, 2.45) is 0 Å². The molecule has 3 rings (SSSR count). The van der Waals surface area contributed by atoms with Gasteiger partial charge in [-0.15, -0.1) is 0 Å². The number of sulfonamides is 1. The van der Waals surface area contributed by atoms with E-state index in [0.717, 1.165) is 6.26 Å². The van der Waals surface area contributed by atoms with Gasteiger partial charge in [0.1, 0.15) is 0 Å². The average molecular weight is 457 g/mol. The molecule has 7 heteroatoms. The van der Waals surface area contributed by atoms with E-state index >= 15 is 0 Å². The molecule has 0 bridgehead atoms. The lowest BCUT2D eigenvalue weighted by Gasteiger charge is -2.23. The highest BCUT2D eigenvalue weighted by molar-refractivity contribution is 7.92. The van der Waals surface area contributed by atoms with Crippen molar-refractivity contribution < 1.29 is 13.2 Å². The number of nitrogens with zero attached hydrogens (tertiary/aromatic N) is 1. The monoisotopic (exact) mass is 456 g/mol. The quantitative estimate of drug-likeness (QED) is 0.497. The molecule has 0 fully saturated rings. The normalized spacial score (nSPS) is 11.4. The van der Waals surface area contributed by atoms with E-state index in [0.29, 0.717) is 33.4 Å². The number of halogens is 1. The summed E-state index contributed by atoms with van der Waals surface area (Å²) in [5, 5.41) is 3.36. The molecular weight excluding hydrogens is 432 g/mol. The van der Waals surface area contributed by atoms with Gasteiger partial charge in [0.25, 0.3) is 5.91 Å². The van der Waals surface area contributed by atoms with Gasteiger partial charge in [-0.1, -0.05) is 55.8 Å². The van der Waals surface area contributed by atoms with Crippen LogP contribution >= 0.6 is 11.6 Å². The lowest BCUT2D eigenvalue weighted by molar-refractivity contribution is 0.102. The zero-order valence-electron chi connectivity index (χ0n) is 17.7. The Kier molecular flexibility index (Phi) is 7.03. The van der Waals surface area contributed by atoms with Crippen molar-refractivity contribution >= 4 is 38.9 Å². The zero-order valence-corrected chi connectivity index (χ0v) is 19.2. The third kappa shape index (κ3) is 5.87. The van der Waals surface area contributed by atoms with Crippen LogP contribution in [0, 0.1) is 0 Å². The van der Waals surface area contributed by atoms with E-state index in [1.54, 1.807) is 42.5 Å². The van der Waals surface area contributed by atoms with Gasteiger partial charge >= 0.3 is 0 Å². The Labute approximate surface area is 188 Å². The minimum atomic E-state index is -3.55. The molecular formula is C24H25ClN2O3S. The molecule has 0 heterocycles. The van der Waals surface area contributed by atoms with Crippen LogP contribution in [0.5, 0.6) is 0 Å². The van der Waals surface area contributed by atoms with Crippen molar-refractivity contribution in [3.8, 4) is 0 Å². The predicted molar refractivity (Wildman–Crippen MR) is 127 cm³/mol. The largest absolute Gasteiger partial charge is 0.322 e. The number of carbonyl (C=O) groups is 1. The Hall–Kier alpha value is -2.83. The fraction of sp³-hybridized carbons (Fsp3) is 0.208. The first kappa shape index (κ1) is 22.8. The lowest BCUT2D eigenvalue weighted by Crippen LogP contribution is -2.29. The van der Waals surface area contributed by atoms with Crippen LogP contribution in [-0.2, 0) is 16.6 Å². The van der Waals surface area contributed by atoms with E-state index in [1.807, 2.05) is 30.3 Å². The van der Waals surface area contributed by atoms with Gasteiger partial charge in [0.05, 0.1) is 18.5 Å². The standard InChI is InChI=1S/C24H25ClN2O3S/c1-17(2)18-8-12-21(13-9-18)26-24(28)19-10-14-22(15-11-19)27(31(3,29)30)16-20-6-4-5-7-23(20)25/h4-15,17H,16H2,1-3H3,(H,26,28). The third-order valence-corrected chi connectivity index (χ3v) is 6.43. The van der Waals surface area contributed by atoms with Crippen LogP contribution in [0.15, 0.2) is 72.8 Å². The number of amides is 1. The van der Waals surface area contributed by atoms with Crippen molar-refractivity contribution in [1.82, 2.24) is 0 Å². The van der Waals surface area contributed by atoms with Gasteiger partial charge in [-0.2, -0.15) is 0 Å². The van der Waals surface area contributed by atoms with Crippen LogP contribution < -0.4 is 9.62 Å². The first-order valence-electron chi connectivity index (χ1n) is 9.87. The molecule has 0 radical (unpaired) electrons. The van der Waals surface area contributed by atoms with Crippen molar-refractivity contribution in [3.05, 3.63) is 94.5 Å². The first-order valence-corrected chi connectivity index (χ1v) is 12.1. The molecule has 0 saturated heterocycles. The molecule has 0 unspecified atom stereocenters. The Bertz CT molecular complexity index is 1160. The summed E-state index contributed by atoms with van der Waals surface area (Å²) in [6, 6.07) is 21.3. The molecule has 162 valence electrons. The average Bonchev–Trinajstić information content (AvgIpc) is 2.73. The Morgan fingerprint density at radius 1 is 0.968 bits per heavy atom. The molecule has 3 aromatic carbocycles. The lowest BCUT2D eigenvalue weighted by atomic mass is 10.0. The maximum absolute atomic E-state index is 12.6. The summed E-state index contributed by atoms with van der Waals surface area (Å²) in [5.74, 6) is 0.154. The highest BCUT2D eigenvalue weighted by atomic mass is 35.5. The van der Waals surface area contributed by atoms with Crippen LogP contribution in [0.25, 0.3) is 0 Å². The van der Waals surface area contributed by atoms with Crippen molar-refractivity contribution in [1.29, 1.82) is 0 Å². The Balaban J connectivity index is 1.78. The van der Waals surface area contributed by atoms with E-state index in [2.05, 4.69) is 19.2 Å². The maximum atomic E-state index is 12.6. The molecule has 0 spiro atoms. The molecule has 0 aliphatic heterocycles. The second-order valence-corrected chi connectivity index (χ2v) is 9.95. The van der Waals surface area contributed by atoms with Crippen LogP contribution in [0.3, 0.4) is 0 Å². The number of anilines is 2. The molecule has 1 N–H and O–H groups in total. The Morgan fingerprint density at radius 2 is 1.58 bits per heavy atom. The van der Waals surface area contributed by atoms with Crippen molar-refractivity contribution in [2.75, 3.05) is 15.9 Å². The third-order valence-electron chi connectivity index (χ3n) is 4.92. The molecule has 5 nitrogen and oxygen atoms in total. The summed E-state index contributed by atoms with van der Waals surface area (Å²) < 4.78 is 26.0. The van der Waals surface area contributed by atoms with Crippen LogP contribution in [0.1, 0.15) is 41.3 Å². The molecule has 0 aromatic heterocycles. The minimum absolute atomic E-state index is 0.103. The second kappa shape index (κ2) is 9.54.